The van der Waals surface area contributed by atoms with Crippen molar-refractivity contribution in [1.29, 1.82) is 0 Å². The summed E-state index contributed by atoms with van der Waals surface area (Å²) in [6, 6.07) is 17.3. The Morgan fingerprint density at radius 1 is 1.07 bits per heavy atom. The summed E-state index contributed by atoms with van der Waals surface area (Å²) in [7, 11) is 0. The lowest BCUT2D eigenvalue weighted by Crippen LogP contribution is -2.83. The quantitative estimate of drug-likeness (QED) is 0.744. The highest BCUT2D eigenvalue weighted by Crippen LogP contribution is 2.41. The minimum Gasteiger partial charge on any atom is -0.454 e. The molecule has 2 N–H and O–H groups in total. The average Bonchev–Trinajstić information content (AvgIpc) is 3.20. The van der Waals surface area contributed by atoms with Crippen molar-refractivity contribution in [3.05, 3.63) is 59.7 Å². The summed E-state index contributed by atoms with van der Waals surface area (Å²) in [4.78, 5) is 0. The van der Waals surface area contributed by atoms with E-state index in [1.165, 1.54) is 17.5 Å². The Hall–Kier alpha value is -2.04. The van der Waals surface area contributed by atoms with Crippen molar-refractivity contribution in [1.82, 2.24) is 0 Å². The number of ether oxygens (including phenoxy) is 3. The van der Waals surface area contributed by atoms with Crippen LogP contribution in [0.25, 0.3) is 0 Å². The van der Waals surface area contributed by atoms with Gasteiger partial charge >= 0.3 is 0 Å². The van der Waals surface area contributed by atoms with Crippen molar-refractivity contribution < 1.29 is 19.5 Å². The largest absolute Gasteiger partial charge is 0.454 e. The molecule has 28 heavy (non-hydrogen) atoms. The molecule has 0 radical (unpaired) electrons. The fraction of sp³-hybridized carbons (Fsp3) is 0.500. The van der Waals surface area contributed by atoms with Crippen LogP contribution in [0.4, 0.5) is 0 Å². The van der Waals surface area contributed by atoms with E-state index in [9.17, 15) is 0 Å². The summed E-state index contributed by atoms with van der Waals surface area (Å²) >= 11 is 0. The zero-order chi connectivity index (χ0) is 19.4. The molecule has 2 aromatic carbocycles. The minimum absolute atomic E-state index is 0.222. The summed E-state index contributed by atoms with van der Waals surface area (Å²) in [5, 5.41) is 2.42. The SMILES string of the molecule is CC(C)[C@H]1C[C@@](CC[NH2+]Cc2ccc3c(c2)OCO3)(c2ccccc2)CCO1. The molecule has 2 aliphatic heterocycles. The van der Waals surface area contributed by atoms with E-state index in [0.717, 1.165) is 44.0 Å². The topological polar surface area (TPSA) is 44.3 Å². The third kappa shape index (κ3) is 4.18. The fourth-order valence-electron chi connectivity index (χ4n) is 4.52. The lowest BCUT2D eigenvalue weighted by atomic mass is 9.68. The molecular formula is C24H32NO3+. The molecule has 4 heteroatoms. The van der Waals surface area contributed by atoms with Gasteiger partial charge in [-0.15, -0.1) is 0 Å². The van der Waals surface area contributed by atoms with Crippen LogP contribution in [0.5, 0.6) is 11.5 Å². The van der Waals surface area contributed by atoms with E-state index in [4.69, 9.17) is 14.2 Å². The third-order valence-electron chi connectivity index (χ3n) is 6.28. The Kier molecular flexibility index (Phi) is 5.88. The van der Waals surface area contributed by atoms with E-state index in [0.29, 0.717) is 18.8 Å². The van der Waals surface area contributed by atoms with Gasteiger partial charge in [0.25, 0.3) is 0 Å². The van der Waals surface area contributed by atoms with Gasteiger partial charge in [0, 0.05) is 24.0 Å². The van der Waals surface area contributed by atoms with Crippen LogP contribution in [0.2, 0.25) is 0 Å². The van der Waals surface area contributed by atoms with Crippen LogP contribution in [0.15, 0.2) is 48.5 Å². The molecule has 0 aromatic heterocycles. The van der Waals surface area contributed by atoms with Gasteiger partial charge in [-0.3, -0.25) is 0 Å². The van der Waals surface area contributed by atoms with Gasteiger partial charge in [-0.05, 0) is 42.5 Å². The maximum atomic E-state index is 6.10. The summed E-state index contributed by atoms with van der Waals surface area (Å²) in [6.45, 7) is 7.82. The van der Waals surface area contributed by atoms with E-state index in [2.05, 4.69) is 61.6 Å². The molecule has 4 nitrogen and oxygen atoms in total. The smallest absolute Gasteiger partial charge is 0.231 e. The van der Waals surface area contributed by atoms with Gasteiger partial charge in [0.2, 0.25) is 6.79 Å². The highest BCUT2D eigenvalue weighted by molar-refractivity contribution is 5.44. The molecule has 4 rings (SSSR count). The Morgan fingerprint density at radius 3 is 2.71 bits per heavy atom. The third-order valence-corrected chi connectivity index (χ3v) is 6.28. The van der Waals surface area contributed by atoms with Crippen molar-refractivity contribution >= 4 is 0 Å². The van der Waals surface area contributed by atoms with Gasteiger partial charge in [-0.2, -0.15) is 0 Å². The van der Waals surface area contributed by atoms with Gasteiger partial charge in [0.05, 0.1) is 12.6 Å². The lowest BCUT2D eigenvalue weighted by Gasteiger charge is -2.42. The first-order chi connectivity index (χ1) is 13.7. The Bertz CT molecular complexity index is 777. The first-order valence-electron chi connectivity index (χ1n) is 10.5. The van der Waals surface area contributed by atoms with Crippen LogP contribution in [0.1, 0.15) is 44.2 Å². The highest BCUT2D eigenvalue weighted by atomic mass is 16.7. The predicted molar refractivity (Wildman–Crippen MR) is 110 cm³/mol. The molecule has 2 atom stereocenters. The van der Waals surface area contributed by atoms with Crippen LogP contribution >= 0.6 is 0 Å². The molecule has 0 bridgehead atoms. The maximum Gasteiger partial charge on any atom is 0.231 e. The van der Waals surface area contributed by atoms with E-state index in [1.54, 1.807) is 0 Å². The zero-order valence-corrected chi connectivity index (χ0v) is 17.0. The summed E-state index contributed by atoms with van der Waals surface area (Å²) in [5.41, 5.74) is 2.98. The van der Waals surface area contributed by atoms with Crippen molar-refractivity contribution in [2.45, 2.75) is 51.2 Å². The maximum absolute atomic E-state index is 6.10. The second kappa shape index (κ2) is 8.54. The van der Waals surface area contributed by atoms with Crippen LogP contribution < -0.4 is 14.8 Å². The molecule has 2 heterocycles. The summed E-state index contributed by atoms with van der Waals surface area (Å²) < 4.78 is 17.0. The molecule has 1 saturated heterocycles. The fourth-order valence-corrected chi connectivity index (χ4v) is 4.52. The number of rotatable bonds is 7. The van der Waals surface area contributed by atoms with Gasteiger partial charge in [-0.1, -0.05) is 44.2 Å². The number of nitrogens with two attached hydrogens (primary N) is 1. The Morgan fingerprint density at radius 2 is 1.89 bits per heavy atom. The first-order valence-corrected chi connectivity index (χ1v) is 10.5. The van der Waals surface area contributed by atoms with Crippen LogP contribution in [0, 0.1) is 5.92 Å². The van der Waals surface area contributed by atoms with E-state index < -0.39 is 0 Å². The second-order valence-corrected chi connectivity index (χ2v) is 8.47. The normalized spacial score (nSPS) is 23.9. The van der Waals surface area contributed by atoms with Crippen molar-refractivity contribution in [3.63, 3.8) is 0 Å². The van der Waals surface area contributed by atoms with Crippen LogP contribution in [-0.4, -0.2) is 26.0 Å². The van der Waals surface area contributed by atoms with Crippen molar-refractivity contribution in [2.24, 2.45) is 5.92 Å². The number of fused-ring (bicyclic) bond motifs is 1. The molecular weight excluding hydrogens is 350 g/mol. The summed E-state index contributed by atoms with van der Waals surface area (Å²) in [5.74, 6) is 2.28. The van der Waals surface area contributed by atoms with Gasteiger partial charge < -0.3 is 19.5 Å². The standard InChI is InChI=1S/C24H31NO3/c1-18(2)23-15-24(11-13-26-23,20-6-4-3-5-7-20)10-12-25-16-19-8-9-21-22(14-19)28-17-27-21/h3-9,14,18,23,25H,10-13,15-17H2,1-2H3/p+1/t23-,24+/m1/s1. The molecule has 150 valence electrons. The van der Waals surface area contributed by atoms with Gasteiger partial charge in [0.1, 0.15) is 6.54 Å². The van der Waals surface area contributed by atoms with E-state index >= 15 is 0 Å². The van der Waals surface area contributed by atoms with Crippen molar-refractivity contribution in [3.8, 4) is 11.5 Å². The van der Waals surface area contributed by atoms with E-state index in [-0.39, 0.29) is 5.41 Å². The van der Waals surface area contributed by atoms with Crippen LogP contribution in [0.3, 0.4) is 0 Å². The lowest BCUT2D eigenvalue weighted by molar-refractivity contribution is -0.672. The number of quaternary nitrogens is 1. The molecule has 1 fully saturated rings. The molecule has 0 unspecified atom stereocenters. The highest BCUT2D eigenvalue weighted by Gasteiger charge is 2.39. The van der Waals surface area contributed by atoms with Crippen molar-refractivity contribution in [2.75, 3.05) is 19.9 Å². The molecule has 0 aliphatic carbocycles. The average molecular weight is 383 g/mol. The van der Waals surface area contributed by atoms with Crippen LogP contribution in [-0.2, 0) is 16.7 Å². The van der Waals surface area contributed by atoms with E-state index in [1.807, 2.05) is 6.07 Å². The molecule has 0 spiro atoms. The Labute approximate surface area is 168 Å². The monoisotopic (exact) mass is 382 g/mol. The molecule has 0 saturated carbocycles. The van der Waals surface area contributed by atoms with Gasteiger partial charge in [-0.25, -0.2) is 0 Å². The number of benzene rings is 2. The molecule has 0 amide bonds. The molecule has 2 aromatic rings. The minimum atomic E-state index is 0.222. The number of hydrogen-bond donors (Lipinski definition) is 1. The number of hydrogen-bond acceptors (Lipinski definition) is 3. The Balaban J connectivity index is 1.40. The zero-order valence-electron chi connectivity index (χ0n) is 17.0. The van der Waals surface area contributed by atoms with Gasteiger partial charge in [0.15, 0.2) is 11.5 Å². The molecule has 2 aliphatic rings. The summed E-state index contributed by atoms with van der Waals surface area (Å²) in [6.07, 6.45) is 3.75. The predicted octanol–water partition coefficient (Wildman–Crippen LogP) is 3.64. The second-order valence-electron chi connectivity index (χ2n) is 8.47. The first kappa shape index (κ1) is 19.3.